The van der Waals surface area contributed by atoms with Gasteiger partial charge in [0.15, 0.2) is 0 Å². The lowest BCUT2D eigenvalue weighted by molar-refractivity contribution is 0.234. The summed E-state index contributed by atoms with van der Waals surface area (Å²) in [6, 6.07) is 9.16. The van der Waals surface area contributed by atoms with E-state index in [4.69, 9.17) is 0 Å². The van der Waals surface area contributed by atoms with Gasteiger partial charge in [-0.2, -0.15) is 0 Å². The van der Waals surface area contributed by atoms with Gasteiger partial charge >= 0.3 is 0 Å². The lowest BCUT2D eigenvalue weighted by Gasteiger charge is -2.26. The Hall–Kier alpha value is -1.88. The summed E-state index contributed by atoms with van der Waals surface area (Å²) in [5.41, 5.74) is 2.71. The van der Waals surface area contributed by atoms with Crippen molar-refractivity contribution in [2.75, 3.05) is 25.5 Å². The maximum absolute atomic E-state index is 4.63. The lowest BCUT2D eigenvalue weighted by atomic mass is 10.1. The number of hydrogen-bond acceptors (Lipinski definition) is 4. The third-order valence-corrected chi connectivity index (χ3v) is 5.65. The molecule has 4 rings (SSSR count). The first-order chi connectivity index (χ1) is 12.2. The van der Waals surface area contributed by atoms with Gasteiger partial charge in [-0.3, -0.25) is 4.90 Å². The molecule has 1 aromatic carbocycles. The minimum Gasteiger partial charge on any atom is -0.377 e. The lowest BCUT2D eigenvalue weighted by Crippen LogP contribution is -2.26. The molecule has 1 aromatic heterocycles. The molecule has 3 heterocycles. The van der Waals surface area contributed by atoms with Gasteiger partial charge in [0.2, 0.25) is 0 Å². The number of anilines is 1. The zero-order chi connectivity index (χ0) is 17.2. The molecule has 0 amide bonds. The minimum atomic E-state index is 0.412. The average molecular weight is 339 g/mol. The van der Waals surface area contributed by atoms with Crippen molar-refractivity contribution in [3.63, 3.8) is 0 Å². The van der Waals surface area contributed by atoms with Crippen molar-refractivity contribution in [1.29, 1.82) is 0 Å². The van der Waals surface area contributed by atoms with Crippen LogP contribution in [-0.2, 0) is 19.5 Å². The number of likely N-dealkylation sites (tertiary alicyclic amines) is 1. The highest BCUT2D eigenvalue weighted by Gasteiger charge is 2.31. The number of aryl methyl sites for hydroxylation is 1. The zero-order valence-corrected chi connectivity index (χ0v) is 15.5. The summed E-state index contributed by atoms with van der Waals surface area (Å²) in [5.74, 6) is 2.41. The summed E-state index contributed by atoms with van der Waals surface area (Å²) >= 11 is 0. The molecule has 0 N–H and O–H groups in total. The van der Waals surface area contributed by atoms with Gasteiger partial charge in [-0.05, 0) is 43.9 Å². The summed E-state index contributed by atoms with van der Waals surface area (Å²) in [6.45, 7) is 3.23. The van der Waals surface area contributed by atoms with Crippen molar-refractivity contribution in [2.45, 2.75) is 57.7 Å². The van der Waals surface area contributed by atoms with E-state index >= 15 is 0 Å². The summed E-state index contributed by atoms with van der Waals surface area (Å²) < 4.78 is 2.42. The van der Waals surface area contributed by atoms with E-state index < -0.39 is 0 Å². The molecule has 1 fully saturated rings. The molecular weight excluding hydrogens is 310 g/mol. The van der Waals surface area contributed by atoms with Gasteiger partial charge in [0.05, 0.1) is 6.04 Å². The number of para-hydroxylation sites is 1. The van der Waals surface area contributed by atoms with Crippen molar-refractivity contribution in [3.8, 4) is 0 Å². The van der Waals surface area contributed by atoms with Gasteiger partial charge in [-0.25, -0.2) is 0 Å². The average Bonchev–Trinajstić information content (AvgIpc) is 3.15. The summed E-state index contributed by atoms with van der Waals surface area (Å²) in [6.07, 6.45) is 7.35. The molecule has 5 heteroatoms. The Morgan fingerprint density at radius 3 is 2.80 bits per heavy atom. The standard InChI is InChI=1S/C20H29N5/c1-23(2)17-10-6-5-9-16(17)15-24-13-8-11-18(24)20-22-21-19-12-4-3-7-14-25(19)20/h5-6,9-10,18H,3-4,7-8,11-15H2,1-2H3. The van der Waals surface area contributed by atoms with Crippen LogP contribution in [0.4, 0.5) is 5.69 Å². The van der Waals surface area contributed by atoms with E-state index in [1.807, 2.05) is 0 Å². The predicted octanol–water partition coefficient (Wildman–Crippen LogP) is 3.41. The molecular formula is C20H29N5. The molecule has 0 spiro atoms. The van der Waals surface area contributed by atoms with Gasteiger partial charge in [0, 0.05) is 39.3 Å². The number of rotatable bonds is 4. The smallest absolute Gasteiger partial charge is 0.150 e. The molecule has 2 aliphatic rings. The van der Waals surface area contributed by atoms with Gasteiger partial charge in [-0.15, -0.1) is 10.2 Å². The first-order valence-electron chi connectivity index (χ1n) is 9.65. The van der Waals surface area contributed by atoms with Crippen LogP contribution in [0.5, 0.6) is 0 Å². The maximum atomic E-state index is 4.63. The van der Waals surface area contributed by atoms with Crippen LogP contribution >= 0.6 is 0 Å². The second-order valence-corrected chi connectivity index (χ2v) is 7.59. The zero-order valence-electron chi connectivity index (χ0n) is 15.5. The fourth-order valence-corrected chi connectivity index (χ4v) is 4.36. The number of aromatic nitrogens is 3. The van der Waals surface area contributed by atoms with E-state index in [-0.39, 0.29) is 0 Å². The van der Waals surface area contributed by atoms with Crippen LogP contribution in [0, 0.1) is 0 Å². The van der Waals surface area contributed by atoms with Crippen LogP contribution in [0.25, 0.3) is 0 Å². The normalized spacial score (nSPS) is 21.1. The molecule has 2 aromatic rings. The molecule has 0 aliphatic carbocycles. The van der Waals surface area contributed by atoms with E-state index in [1.165, 1.54) is 55.0 Å². The Labute approximate surface area is 150 Å². The van der Waals surface area contributed by atoms with Gasteiger partial charge in [0.25, 0.3) is 0 Å². The summed E-state index contributed by atoms with van der Waals surface area (Å²) in [4.78, 5) is 4.81. The van der Waals surface area contributed by atoms with E-state index in [1.54, 1.807) is 0 Å². The number of nitrogens with zero attached hydrogens (tertiary/aromatic N) is 5. The first kappa shape index (κ1) is 16.6. The van der Waals surface area contributed by atoms with Crippen molar-refractivity contribution < 1.29 is 0 Å². The molecule has 1 unspecified atom stereocenters. The van der Waals surface area contributed by atoms with Crippen molar-refractivity contribution in [2.24, 2.45) is 0 Å². The van der Waals surface area contributed by atoms with Crippen LogP contribution in [0.3, 0.4) is 0 Å². The highest BCUT2D eigenvalue weighted by molar-refractivity contribution is 5.52. The van der Waals surface area contributed by atoms with Crippen LogP contribution in [0.2, 0.25) is 0 Å². The molecule has 134 valence electrons. The van der Waals surface area contributed by atoms with E-state index in [0.29, 0.717) is 6.04 Å². The molecule has 0 saturated carbocycles. The van der Waals surface area contributed by atoms with Crippen molar-refractivity contribution >= 4 is 5.69 Å². The van der Waals surface area contributed by atoms with E-state index in [2.05, 4.69) is 62.9 Å². The van der Waals surface area contributed by atoms with E-state index in [9.17, 15) is 0 Å². The second-order valence-electron chi connectivity index (χ2n) is 7.59. The van der Waals surface area contributed by atoms with Crippen LogP contribution in [0.1, 0.15) is 55.4 Å². The molecule has 25 heavy (non-hydrogen) atoms. The molecule has 5 nitrogen and oxygen atoms in total. The fourth-order valence-electron chi connectivity index (χ4n) is 4.36. The minimum absolute atomic E-state index is 0.412. The highest BCUT2D eigenvalue weighted by Crippen LogP contribution is 2.34. The Kier molecular flexibility index (Phi) is 4.75. The van der Waals surface area contributed by atoms with Gasteiger partial charge in [0.1, 0.15) is 11.6 Å². The highest BCUT2D eigenvalue weighted by atomic mass is 15.3. The number of hydrogen-bond donors (Lipinski definition) is 0. The van der Waals surface area contributed by atoms with E-state index in [0.717, 1.165) is 26.1 Å². The van der Waals surface area contributed by atoms with Gasteiger partial charge < -0.3 is 9.47 Å². The largest absolute Gasteiger partial charge is 0.377 e. The van der Waals surface area contributed by atoms with Crippen molar-refractivity contribution in [3.05, 3.63) is 41.5 Å². The summed E-state index contributed by atoms with van der Waals surface area (Å²) in [5, 5.41) is 9.16. The van der Waals surface area contributed by atoms with Crippen LogP contribution in [-0.4, -0.2) is 40.3 Å². The fraction of sp³-hybridized carbons (Fsp3) is 0.600. The number of fused-ring (bicyclic) bond motifs is 1. The maximum Gasteiger partial charge on any atom is 0.150 e. The molecule has 1 atom stereocenters. The Bertz CT molecular complexity index is 721. The van der Waals surface area contributed by atoms with Crippen LogP contribution < -0.4 is 4.90 Å². The number of benzene rings is 1. The predicted molar refractivity (Wildman–Crippen MR) is 101 cm³/mol. The van der Waals surface area contributed by atoms with Crippen molar-refractivity contribution in [1.82, 2.24) is 19.7 Å². The quantitative estimate of drug-likeness (QED) is 0.855. The molecule has 0 bridgehead atoms. The second kappa shape index (κ2) is 7.16. The SMILES string of the molecule is CN(C)c1ccccc1CN1CCCC1c1nnc2n1CCCCC2. The topological polar surface area (TPSA) is 37.2 Å². The summed E-state index contributed by atoms with van der Waals surface area (Å²) in [7, 11) is 4.25. The van der Waals surface area contributed by atoms with Crippen LogP contribution in [0.15, 0.2) is 24.3 Å². The Morgan fingerprint density at radius 1 is 1.04 bits per heavy atom. The monoisotopic (exact) mass is 339 g/mol. The first-order valence-corrected chi connectivity index (χ1v) is 9.65. The molecule has 1 saturated heterocycles. The van der Waals surface area contributed by atoms with Gasteiger partial charge in [-0.1, -0.05) is 24.6 Å². The third kappa shape index (κ3) is 3.30. The molecule has 0 radical (unpaired) electrons. The third-order valence-electron chi connectivity index (χ3n) is 5.65. The Morgan fingerprint density at radius 2 is 1.92 bits per heavy atom. The Balaban J connectivity index is 1.59. The molecule has 2 aliphatic heterocycles.